The molecule has 65 valence electrons. The standard InChI is InChI=1S/C10H12ClS/c1-2-3-8-12-10-7-5-4-6-9(10)11/h4-7H,1-3,8H2. The zero-order chi connectivity index (χ0) is 8.81. The summed E-state index contributed by atoms with van der Waals surface area (Å²) in [5, 5.41) is 0.853. The Morgan fingerprint density at radius 1 is 1.33 bits per heavy atom. The molecule has 0 unspecified atom stereocenters. The van der Waals surface area contributed by atoms with Gasteiger partial charge in [-0.25, -0.2) is 0 Å². The van der Waals surface area contributed by atoms with Crippen molar-refractivity contribution in [2.24, 2.45) is 0 Å². The first-order chi connectivity index (χ1) is 5.84. The quantitative estimate of drug-likeness (QED) is 0.521. The zero-order valence-corrected chi connectivity index (χ0v) is 8.50. The van der Waals surface area contributed by atoms with Gasteiger partial charge in [0.25, 0.3) is 0 Å². The number of rotatable bonds is 4. The third-order valence-electron chi connectivity index (χ3n) is 1.49. The second-order valence-electron chi connectivity index (χ2n) is 2.49. The molecular formula is C10H12ClS. The van der Waals surface area contributed by atoms with Crippen molar-refractivity contribution in [3.63, 3.8) is 0 Å². The summed E-state index contributed by atoms with van der Waals surface area (Å²) in [4.78, 5) is 1.17. The highest BCUT2D eigenvalue weighted by Crippen LogP contribution is 2.26. The maximum absolute atomic E-state index is 5.97. The van der Waals surface area contributed by atoms with Gasteiger partial charge in [-0.05, 0) is 24.3 Å². The summed E-state index contributed by atoms with van der Waals surface area (Å²) in [5.41, 5.74) is 0. The van der Waals surface area contributed by atoms with Crippen molar-refractivity contribution in [1.82, 2.24) is 0 Å². The molecule has 1 aromatic rings. The van der Waals surface area contributed by atoms with E-state index in [2.05, 4.69) is 13.0 Å². The molecule has 0 heterocycles. The van der Waals surface area contributed by atoms with Gasteiger partial charge in [0.1, 0.15) is 0 Å². The minimum absolute atomic E-state index is 0.853. The number of thioether (sulfide) groups is 1. The maximum atomic E-state index is 5.97. The minimum atomic E-state index is 0.853. The van der Waals surface area contributed by atoms with Crippen LogP contribution in [0.5, 0.6) is 0 Å². The molecule has 0 saturated carbocycles. The lowest BCUT2D eigenvalue weighted by Gasteiger charge is -2.01. The number of hydrogen-bond acceptors (Lipinski definition) is 1. The molecule has 0 aliphatic heterocycles. The molecule has 1 aromatic carbocycles. The number of benzene rings is 1. The van der Waals surface area contributed by atoms with E-state index in [1.807, 2.05) is 18.2 Å². The molecule has 0 amide bonds. The van der Waals surface area contributed by atoms with Gasteiger partial charge >= 0.3 is 0 Å². The van der Waals surface area contributed by atoms with Crippen molar-refractivity contribution in [1.29, 1.82) is 0 Å². The Balaban J connectivity index is 2.46. The normalized spacial score (nSPS) is 10.2. The summed E-state index contributed by atoms with van der Waals surface area (Å²) in [6.45, 7) is 3.79. The molecule has 0 bridgehead atoms. The van der Waals surface area contributed by atoms with Crippen LogP contribution < -0.4 is 0 Å². The van der Waals surface area contributed by atoms with Gasteiger partial charge in [0.2, 0.25) is 0 Å². The van der Waals surface area contributed by atoms with Crippen LogP contribution in [-0.4, -0.2) is 5.75 Å². The van der Waals surface area contributed by atoms with Gasteiger partial charge in [-0.2, -0.15) is 0 Å². The van der Waals surface area contributed by atoms with E-state index in [9.17, 15) is 0 Å². The van der Waals surface area contributed by atoms with Crippen LogP contribution >= 0.6 is 23.4 Å². The summed E-state index contributed by atoms with van der Waals surface area (Å²) in [6, 6.07) is 7.94. The van der Waals surface area contributed by atoms with Gasteiger partial charge in [0, 0.05) is 4.90 Å². The molecule has 1 radical (unpaired) electrons. The van der Waals surface area contributed by atoms with Gasteiger partial charge in [-0.15, -0.1) is 11.8 Å². The minimum Gasteiger partial charge on any atom is -0.125 e. The molecule has 0 aromatic heterocycles. The first kappa shape index (κ1) is 9.94. The second kappa shape index (κ2) is 5.50. The summed E-state index contributed by atoms with van der Waals surface area (Å²) < 4.78 is 0. The third kappa shape index (κ3) is 3.08. The monoisotopic (exact) mass is 199 g/mol. The summed E-state index contributed by atoms with van der Waals surface area (Å²) >= 11 is 7.77. The Bertz CT molecular complexity index is 235. The third-order valence-corrected chi connectivity index (χ3v) is 3.09. The van der Waals surface area contributed by atoms with Gasteiger partial charge < -0.3 is 0 Å². The molecule has 0 atom stereocenters. The molecule has 0 fully saturated rings. The highest BCUT2D eigenvalue weighted by atomic mass is 35.5. The Hall–Kier alpha value is -0.140. The Morgan fingerprint density at radius 2 is 2.08 bits per heavy atom. The van der Waals surface area contributed by atoms with Crippen LogP contribution in [-0.2, 0) is 0 Å². The topological polar surface area (TPSA) is 0 Å². The van der Waals surface area contributed by atoms with E-state index in [4.69, 9.17) is 11.6 Å². The second-order valence-corrected chi connectivity index (χ2v) is 4.03. The van der Waals surface area contributed by atoms with E-state index in [0.717, 1.165) is 23.6 Å². The molecule has 1 rings (SSSR count). The van der Waals surface area contributed by atoms with E-state index in [1.54, 1.807) is 11.8 Å². The van der Waals surface area contributed by atoms with E-state index in [-0.39, 0.29) is 0 Å². The van der Waals surface area contributed by atoms with Crippen LogP contribution in [0.3, 0.4) is 0 Å². The molecule has 0 nitrogen and oxygen atoms in total. The van der Waals surface area contributed by atoms with Crippen LogP contribution in [0.25, 0.3) is 0 Å². The maximum Gasteiger partial charge on any atom is 0.0541 e. The fraction of sp³-hybridized carbons (Fsp3) is 0.300. The van der Waals surface area contributed by atoms with Crippen molar-refractivity contribution < 1.29 is 0 Å². The van der Waals surface area contributed by atoms with E-state index < -0.39 is 0 Å². The van der Waals surface area contributed by atoms with Crippen molar-refractivity contribution >= 4 is 23.4 Å². The molecular weight excluding hydrogens is 188 g/mol. The van der Waals surface area contributed by atoms with Crippen LogP contribution in [0.4, 0.5) is 0 Å². The van der Waals surface area contributed by atoms with Crippen LogP contribution in [0.2, 0.25) is 5.02 Å². The molecule has 2 heteroatoms. The van der Waals surface area contributed by atoms with Gasteiger partial charge in [-0.3, -0.25) is 0 Å². The zero-order valence-electron chi connectivity index (χ0n) is 6.92. The molecule has 0 N–H and O–H groups in total. The summed E-state index contributed by atoms with van der Waals surface area (Å²) in [5.74, 6) is 1.10. The number of halogens is 1. The van der Waals surface area contributed by atoms with Gasteiger partial charge in [0.05, 0.1) is 5.02 Å². The molecule has 0 spiro atoms. The van der Waals surface area contributed by atoms with Crippen molar-refractivity contribution in [2.45, 2.75) is 17.7 Å². The summed E-state index contributed by atoms with van der Waals surface area (Å²) in [6.07, 6.45) is 2.15. The Labute approximate surface area is 83.3 Å². The highest BCUT2D eigenvalue weighted by molar-refractivity contribution is 7.99. The van der Waals surface area contributed by atoms with Crippen molar-refractivity contribution in [2.75, 3.05) is 5.75 Å². The summed E-state index contributed by atoms with van der Waals surface area (Å²) in [7, 11) is 0. The predicted octanol–water partition coefficient (Wildman–Crippen LogP) is 4.05. The fourth-order valence-electron chi connectivity index (χ4n) is 0.846. The van der Waals surface area contributed by atoms with Gasteiger partial charge in [-0.1, -0.05) is 37.1 Å². The Morgan fingerprint density at radius 3 is 2.75 bits per heavy atom. The molecule has 0 aliphatic carbocycles. The molecule has 0 aliphatic rings. The molecule has 0 saturated heterocycles. The average Bonchev–Trinajstić information content (AvgIpc) is 2.09. The smallest absolute Gasteiger partial charge is 0.0541 e. The van der Waals surface area contributed by atoms with Crippen LogP contribution in [0, 0.1) is 6.92 Å². The van der Waals surface area contributed by atoms with E-state index >= 15 is 0 Å². The van der Waals surface area contributed by atoms with Crippen LogP contribution in [0.1, 0.15) is 12.8 Å². The lowest BCUT2D eigenvalue weighted by Crippen LogP contribution is -1.78. The number of hydrogen-bond donors (Lipinski definition) is 0. The van der Waals surface area contributed by atoms with E-state index in [0.29, 0.717) is 0 Å². The molecule has 12 heavy (non-hydrogen) atoms. The predicted molar refractivity (Wildman–Crippen MR) is 56.8 cm³/mol. The largest absolute Gasteiger partial charge is 0.125 e. The lowest BCUT2D eigenvalue weighted by atomic mass is 10.4. The van der Waals surface area contributed by atoms with Gasteiger partial charge in [0.15, 0.2) is 0 Å². The van der Waals surface area contributed by atoms with Crippen LogP contribution in [0.15, 0.2) is 29.2 Å². The highest BCUT2D eigenvalue weighted by Gasteiger charge is 1.97. The van der Waals surface area contributed by atoms with Crippen molar-refractivity contribution in [3.05, 3.63) is 36.2 Å². The first-order valence-corrected chi connectivity index (χ1v) is 5.37. The first-order valence-electron chi connectivity index (χ1n) is 4.01. The lowest BCUT2D eigenvalue weighted by molar-refractivity contribution is 0.969. The SMILES string of the molecule is [CH2]CCCSc1ccccc1Cl. The van der Waals surface area contributed by atoms with E-state index in [1.165, 1.54) is 4.90 Å². The average molecular weight is 200 g/mol. The Kier molecular flexibility index (Phi) is 4.55. The number of unbranched alkanes of at least 4 members (excludes halogenated alkanes) is 1. The van der Waals surface area contributed by atoms with Crippen molar-refractivity contribution in [3.8, 4) is 0 Å². The fourth-order valence-corrected chi connectivity index (χ4v) is 2.09.